The number of hydrogen-bond donors (Lipinski definition) is 1. The molecule has 108 valence electrons. The second-order valence-electron chi connectivity index (χ2n) is 5.09. The number of piperidine rings is 1. The van der Waals surface area contributed by atoms with Crippen molar-refractivity contribution >= 4 is 11.8 Å². The molecule has 1 aliphatic rings. The molecule has 1 aromatic rings. The Morgan fingerprint density at radius 2 is 2.30 bits per heavy atom. The van der Waals surface area contributed by atoms with Gasteiger partial charge in [-0.3, -0.25) is 9.59 Å². The van der Waals surface area contributed by atoms with Gasteiger partial charge in [-0.2, -0.15) is 0 Å². The lowest BCUT2D eigenvalue weighted by atomic mass is 9.97. The number of rotatable bonds is 4. The van der Waals surface area contributed by atoms with Crippen molar-refractivity contribution in [2.24, 2.45) is 5.92 Å². The van der Waals surface area contributed by atoms with E-state index in [1.165, 1.54) is 0 Å². The first-order valence-corrected chi connectivity index (χ1v) is 6.74. The minimum Gasteiger partial charge on any atom is -0.497 e. The Morgan fingerprint density at radius 3 is 2.95 bits per heavy atom. The summed E-state index contributed by atoms with van der Waals surface area (Å²) in [5.74, 6) is 0.786. The van der Waals surface area contributed by atoms with E-state index in [1.54, 1.807) is 19.1 Å². The van der Waals surface area contributed by atoms with Crippen LogP contribution in [0, 0.1) is 5.92 Å². The summed E-state index contributed by atoms with van der Waals surface area (Å²) in [6.45, 7) is 0.987. The average molecular weight is 276 g/mol. The van der Waals surface area contributed by atoms with Gasteiger partial charge in [0.1, 0.15) is 5.75 Å². The highest BCUT2D eigenvalue weighted by atomic mass is 16.5. The van der Waals surface area contributed by atoms with Crippen LogP contribution in [0.2, 0.25) is 0 Å². The lowest BCUT2D eigenvalue weighted by Gasteiger charge is -2.26. The first-order valence-electron chi connectivity index (χ1n) is 6.74. The van der Waals surface area contributed by atoms with Crippen molar-refractivity contribution in [1.82, 2.24) is 10.2 Å². The molecule has 1 aromatic carbocycles. The van der Waals surface area contributed by atoms with Crippen molar-refractivity contribution in [3.63, 3.8) is 0 Å². The maximum Gasteiger partial charge on any atom is 0.227 e. The van der Waals surface area contributed by atoms with Crippen LogP contribution in [-0.2, 0) is 16.1 Å². The van der Waals surface area contributed by atoms with Gasteiger partial charge in [0.05, 0.1) is 13.0 Å². The van der Waals surface area contributed by atoms with Crippen LogP contribution in [0.25, 0.3) is 0 Å². The monoisotopic (exact) mass is 276 g/mol. The molecule has 0 radical (unpaired) electrons. The Bertz CT molecular complexity index is 492. The third-order valence-electron chi connectivity index (χ3n) is 3.54. The minimum atomic E-state index is -0.108. The van der Waals surface area contributed by atoms with Gasteiger partial charge >= 0.3 is 0 Å². The summed E-state index contributed by atoms with van der Waals surface area (Å²) in [7, 11) is 3.41. The normalized spacial score (nSPS) is 18.3. The van der Waals surface area contributed by atoms with E-state index in [9.17, 15) is 9.59 Å². The van der Waals surface area contributed by atoms with Crippen molar-refractivity contribution < 1.29 is 14.3 Å². The van der Waals surface area contributed by atoms with Gasteiger partial charge in [-0.1, -0.05) is 12.1 Å². The predicted molar refractivity (Wildman–Crippen MR) is 75.2 cm³/mol. The number of carbonyl (C=O) groups excluding carboxylic acids is 2. The first kappa shape index (κ1) is 14.4. The fourth-order valence-electron chi connectivity index (χ4n) is 2.38. The predicted octanol–water partition coefficient (Wildman–Crippen LogP) is 1.18. The lowest BCUT2D eigenvalue weighted by Crippen LogP contribution is -2.43. The molecule has 0 aromatic heterocycles. The number of amides is 2. The van der Waals surface area contributed by atoms with Crippen LogP contribution in [0.4, 0.5) is 0 Å². The molecular formula is C15H20N2O3. The Hall–Kier alpha value is -2.04. The van der Waals surface area contributed by atoms with Crippen molar-refractivity contribution in [1.29, 1.82) is 0 Å². The minimum absolute atomic E-state index is 0.0319. The zero-order valence-corrected chi connectivity index (χ0v) is 11.9. The van der Waals surface area contributed by atoms with Crippen molar-refractivity contribution in [2.75, 3.05) is 20.7 Å². The Balaban J connectivity index is 1.95. The van der Waals surface area contributed by atoms with Crippen molar-refractivity contribution in [2.45, 2.75) is 19.4 Å². The SMILES string of the molecule is COc1cccc(CN(C)C(=O)C2CCC(=O)NC2)c1. The molecule has 20 heavy (non-hydrogen) atoms. The van der Waals surface area contributed by atoms with E-state index in [0.29, 0.717) is 25.9 Å². The van der Waals surface area contributed by atoms with E-state index in [-0.39, 0.29) is 17.7 Å². The van der Waals surface area contributed by atoms with E-state index in [4.69, 9.17) is 4.74 Å². The number of nitrogens with one attached hydrogen (secondary N) is 1. The zero-order valence-electron chi connectivity index (χ0n) is 11.9. The largest absolute Gasteiger partial charge is 0.497 e. The van der Waals surface area contributed by atoms with Crippen LogP contribution < -0.4 is 10.1 Å². The van der Waals surface area contributed by atoms with Crippen LogP contribution in [0.3, 0.4) is 0 Å². The molecule has 1 heterocycles. The molecule has 2 rings (SSSR count). The summed E-state index contributed by atoms with van der Waals surface area (Å²) in [5.41, 5.74) is 1.03. The number of carbonyl (C=O) groups is 2. The number of ether oxygens (including phenoxy) is 1. The van der Waals surface area contributed by atoms with Gasteiger partial charge in [-0.05, 0) is 24.1 Å². The summed E-state index contributed by atoms with van der Waals surface area (Å²) in [6, 6.07) is 7.68. The summed E-state index contributed by atoms with van der Waals surface area (Å²) in [6.07, 6.45) is 1.07. The van der Waals surface area contributed by atoms with E-state index < -0.39 is 0 Å². The summed E-state index contributed by atoms with van der Waals surface area (Å²) < 4.78 is 5.17. The van der Waals surface area contributed by atoms with Crippen molar-refractivity contribution in [3.8, 4) is 5.75 Å². The molecule has 1 fully saturated rings. The zero-order chi connectivity index (χ0) is 14.5. The van der Waals surface area contributed by atoms with Crippen LogP contribution in [0.5, 0.6) is 5.75 Å². The third kappa shape index (κ3) is 3.50. The van der Waals surface area contributed by atoms with Gasteiger partial charge in [0.15, 0.2) is 0 Å². The average Bonchev–Trinajstić information content (AvgIpc) is 2.47. The topological polar surface area (TPSA) is 58.6 Å². The molecule has 1 saturated heterocycles. The van der Waals surface area contributed by atoms with E-state index in [0.717, 1.165) is 11.3 Å². The van der Waals surface area contributed by atoms with Gasteiger partial charge in [0.2, 0.25) is 11.8 Å². The fourth-order valence-corrected chi connectivity index (χ4v) is 2.38. The molecule has 1 aliphatic heterocycles. The maximum absolute atomic E-state index is 12.3. The van der Waals surface area contributed by atoms with Gasteiger partial charge in [0, 0.05) is 26.6 Å². The van der Waals surface area contributed by atoms with E-state index >= 15 is 0 Å². The fraction of sp³-hybridized carbons (Fsp3) is 0.467. The quantitative estimate of drug-likeness (QED) is 0.898. The summed E-state index contributed by atoms with van der Waals surface area (Å²) in [5, 5.41) is 2.74. The van der Waals surface area contributed by atoms with E-state index in [2.05, 4.69) is 5.32 Å². The van der Waals surface area contributed by atoms with Gasteiger partial charge in [-0.25, -0.2) is 0 Å². The molecule has 1 N–H and O–H groups in total. The maximum atomic E-state index is 12.3. The molecule has 0 bridgehead atoms. The number of nitrogens with zero attached hydrogens (tertiary/aromatic N) is 1. The number of benzene rings is 1. The third-order valence-corrected chi connectivity index (χ3v) is 3.54. The van der Waals surface area contributed by atoms with Crippen LogP contribution >= 0.6 is 0 Å². The summed E-state index contributed by atoms with van der Waals surface area (Å²) >= 11 is 0. The molecule has 0 saturated carbocycles. The Morgan fingerprint density at radius 1 is 1.50 bits per heavy atom. The molecule has 1 atom stereocenters. The smallest absolute Gasteiger partial charge is 0.227 e. The van der Waals surface area contributed by atoms with Gasteiger partial charge in [0.25, 0.3) is 0 Å². The van der Waals surface area contributed by atoms with Crippen molar-refractivity contribution in [3.05, 3.63) is 29.8 Å². The van der Waals surface area contributed by atoms with Crippen LogP contribution in [0.15, 0.2) is 24.3 Å². The first-order chi connectivity index (χ1) is 9.60. The highest BCUT2D eigenvalue weighted by molar-refractivity contribution is 5.83. The van der Waals surface area contributed by atoms with E-state index in [1.807, 2.05) is 24.3 Å². The standard InChI is InChI=1S/C15H20N2O3/c1-17(10-11-4-3-5-13(8-11)20-2)15(19)12-6-7-14(18)16-9-12/h3-5,8,12H,6-7,9-10H2,1-2H3,(H,16,18). The highest BCUT2D eigenvalue weighted by Gasteiger charge is 2.26. The van der Waals surface area contributed by atoms with Crippen LogP contribution in [0.1, 0.15) is 18.4 Å². The molecule has 5 heteroatoms. The second kappa shape index (κ2) is 6.41. The van der Waals surface area contributed by atoms with Gasteiger partial charge < -0.3 is 15.0 Å². The molecule has 0 spiro atoms. The molecule has 1 unspecified atom stereocenters. The lowest BCUT2D eigenvalue weighted by molar-refractivity contribution is -0.136. The molecule has 2 amide bonds. The molecule has 5 nitrogen and oxygen atoms in total. The summed E-state index contributed by atoms with van der Waals surface area (Å²) in [4.78, 5) is 25.1. The molecular weight excluding hydrogens is 256 g/mol. The van der Waals surface area contributed by atoms with Gasteiger partial charge in [-0.15, -0.1) is 0 Å². The second-order valence-corrected chi connectivity index (χ2v) is 5.09. The Kier molecular flexibility index (Phi) is 4.61. The highest BCUT2D eigenvalue weighted by Crippen LogP contribution is 2.17. The number of methoxy groups -OCH3 is 1. The Labute approximate surface area is 118 Å². The van der Waals surface area contributed by atoms with Crippen LogP contribution in [-0.4, -0.2) is 37.4 Å². The number of hydrogen-bond acceptors (Lipinski definition) is 3. The molecule has 0 aliphatic carbocycles.